The molecule has 26 heavy (non-hydrogen) atoms. The fraction of sp³-hybridized carbons (Fsp3) is 0.211. The maximum atomic E-state index is 13.2. The molecule has 7 heteroatoms. The van der Waals surface area contributed by atoms with Crippen LogP contribution in [0.15, 0.2) is 54.0 Å². The van der Waals surface area contributed by atoms with E-state index >= 15 is 0 Å². The molecule has 1 aliphatic heterocycles. The Balaban J connectivity index is 1.77. The van der Waals surface area contributed by atoms with Crippen molar-refractivity contribution in [2.45, 2.75) is 12.3 Å². The summed E-state index contributed by atoms with van der Waals surface area (Å²) in [5.74, 6) is -0.424. The summed E-state index contributed by atoms with van der Waals surface area (Å²) < 4.78 is 14.5. The second kappa shape index (κ2) is 6.25. The summed E-state index contributed by atoms with van der Waals surface area (Å²) in [6, 6.07) is 7.48. The van der Waals surface area contributed by atoms with Crippen LogP contribution in [0.25, 0.3) is 16.8 Å². The topological polar surface area (TPSA) is 70.5 Å². The van der Waals surface area contributed by atoms with Gasteiger partial charge in [0.05, 0.1) is 5.69 Å². The molecule has 0 spiro atoms. The molecular weight excluding hydrogens is 335 g/mol. The van der Waals surface area contributed by atoms with Gasteiger partial charge in [0.1, 0.15) is 5.82 Å². The largest absolute Gasteiger partial charge is 0.338 e. The Bertz CT molecular complexity index is 1050. The first-order valence-electron chi connectivity index (χ1n) is 8.32. The number of hydrogen-bond donors (Lipinski definition) is 1. The van der Waals surface area contributed by atoms with E-state index in [0.717, 1.165) is 5.56 Å². The van der Waals surface area contributed by atoms with Crippen LogP contribution in [0.5, 0.6) is 0 Å². The Kier molecular flexibility index (Phi) is 3.91. The summed E-state index contributed by atoms with van der Waals surface area (Å²) in [6.07, 6.45) is 3.68. The third kappa shape index (κ3) is 2.71. The van der Waals surface area contributed by atoms with E-state index < -0.39 is 0 Å². The molecule has 6 nitrogen and oxygen atoms in total. The highest BCUT2D eigenvalue weighted by atomic mass is 19.1. The van der Waals surface area contributed by atoms with E-state index in [4.69, 9.17) is 0 Å². The minimum absolute atomic E-state index is 0.0322. The quantitative estimate of drug-likeness (QED) is 0.733. The van der Waals surface area contributed by atoms with E-state index in [-0.39, 0.29) is 23.2 Å². The number of benzene rings is 1. The Hall–Kier alpha value is -3.22. The average Bonchev–Trinajstić information content (AvgIpc) is 3.21. The van der Waals surface area contributed by atoms with Crippen LogP contribution in [0.3, 0.4) is 0 Å². The van der Waals surface area contributed by atoms with Crippen molar-refractivity contribution in [2.75, 3.05) is 13.1 Å². The molecule has 0 saturated carbocycles. The molecule has 0 bridgehead atoms. The standard InChI is InChI=1S/C19H17FN4O2/c1-2-7-23-11-13(8-17(23)25)16-9-18(26)24-19(22-16)15(10-21-24)12-3-5-14(20)6-4-12/h2-6,9-10,13,21H,1,7-8,11H2. The summed E-state index contributed by atoms with van der Waals surface area (Å²) >= 11 is 0. The minimum atomic E-state index is -0.328. The highest BCUT2D eigenvalue weighted by molar-refractivity contribution is 5.80. The van der Waals surface area contributed by atoms with Crippen LogP contribution in [0, 0.1) is 5.82 Å². The number of hydrogen-bond acceptors (Lipinski definition) is 3. The highest BCUT2D eigenvalue weighted by Gasteiger charge is 2.31. The Morgan fingerprint density at radius 1 is 1.31 bits per heavy atom. The maximum Gasteiger partial charge on any atom is 0.272 e. The number of aromatic amines is 1. The van der Waals surface area contributed by atoms with Crippen LogP contribution in [0.2, 0.25) is 0 Å². The molecule has 3 heterocycles. The van der Waals surface area contributed by atoms with E-state index in [9.17, 15) is 14.0 Å². The van der Waals surface area contributed by atoms with Gasteiger partial charge in [-0.25, -0.2) is 13.9 Å². The zero-order valence-corrected chi connectivity index (χ0v) is 14.0. The number of nitrogens with one attached hydrogen (secondary N) is 1. The summed E-state index contributed by atoms with van der Waals surface area (Å²) in [5, 5.41) is 2.88. The molecule has 1 N–H and O–H groups in total. The maximum absolute atomic E-state index is 13.2. The van der Waals surface area contributed by atoms with Gasteiger partial charge in [-0.3, -0.25) is 14.7 Å². The van der Waals surface area contributed by atoms with Crippen molar-refractivity contribution >= 4 is 11.6 Å². The smallest absolute Gasteiger partial charge is 0.272 e. The number of carbonyl (C=O) groups is 1. The SMILES string of the molecule is C=CCN1CC(c2cc(=O)n3[nH]cc(-c4ccc(F)cc4)c3n2)CC1=O. The van der Waals surface area contributed by atoms with Gasteiger partial charge in [-0.2, -0.15) is 0 Å². The lowest BCUT2D eigenvalue weighted by Crippen LogP contribution is -2.25. The number of aromatic nitrogens is 3. The zero-order valence-electron chi connectivity index (χ0n) is 14.0. The van der Waals surface area contributed by atoms with Crippen LogP contribution < -0.4 is 5.56 Å². The fourth-order valence-corrected chi connectivity index (χ4v) is 3.35. The van der Waals surface area contributed by atoms with Gasteiger partial charge in [-0.15, -0.1) is 6.58 Å². The first-order chi connectivity index (χ1) is 12.6. The second-order valence-electron chi connectivity index (χ2n) is 6.36. The normalized spacial score (nSPS) is 17.2. The van der Waals surface area contributed by atoms with Crippen molar-refractivity contribution in [2.24, 2.45) is 0 Å². The molecule has 1 atom stereocenters. The second-order valence-corrected chi connectivity index (χ2v) is 6.36. The lowest BCUT2D eigenvalue weighted by molar-refractivity contribution is -0.127. The average molecular weight is 352 g/mol. The van der Waals surface area contributed by atoms with Crippen LogP contribution in [0.4, 0.5) is 4.39 Å². The van der Waals surface area contributed by atoms with E-state index in [2.05, 4.69) is 16.7 Å². The Morgan fingerprint density at radius 3 is 2.81 bits per heavy atom. The number of likely N-dealkylation sites (tertiary alicyclic amines) is 1. The number of amides is 1. The van der Waals surface area contributed by atoms with Crippen molar-refractivity contribution in [1.29, 1.82) is 0 Å². The Labute approximate surface area is 148 Å². The predicted molar refractivity (Wildman–Crippen MR) is 95.3 cm³/mol. The van der Waals surface area contributed by atoms with Gasteiger partial charge in [0.15, 0.2) is 5.65 Å². The molecule has 0 aliphatic carbocycles. The van der Waals surface area contributed by atoms with Crippen LogP contribution in [-0.2, 0) is 4.79 Å². The molecule has 3 aromatic rings. The predicted octanol–water partition coefficient (Wildman–Crippen LogP) is 2.33. The highest BCUT2D eigenvalue weighted by Crippen LogP contribution is 2.28. The lowest BCUT2D eigenvalue weighted by atomic mass is 10.0. The number of fused-ring (bicyclic) bond motifs is 1. The number of carbonyl (C=O) groups excluding carboxylic acids is 1. The van der Waals surface area contributed by atoms with E-state index in [1.54, 1.807) is 29.3 Å². The molecule has 4 rings (SSSR count). The number of rotatable bonds is 4. The molecule has 2 aromatic heterocycles. The summed E-state index contributed by atoms with van der Waals surface area (Å²) in [7, 11) is 0. The van der Waals surface area contributed by atoms with Crippen LogP contribution in [0.1, 0.15) is 18.0 Å². The molecule has 0 radical (unpaired) electrons. The van der Waals surface area contributed by atoms with Crippen LogP contribution in [-0.4, -0.2) is 38.5 Å². The van der Waals surface area contributed by atoms with E-state index in [1.807, 2.05) is 0 Å². The minimum Gasteiger partial charge on any atom is -0.338 e. The first-order valence-corrected chi connectivity index (χ1v) is 8.32. The van der Waals surface area contributed by atoms with Gasteiger partial charge in [-0.05, 0) is 17.7 Å². The number of halogens is 1. The Morgan fingerprint density at radius 2 is 2.08 bits per heavy atom. The van der Waals surface area contributed by atoms with Gasteiger partial charge < -0.3 is 4.90 Å². The third-order valence-electron chi connectivity index (χ3n) is 4.65. The number of nitrogens with zero attached hydrogens (tertiary/aromatic N) is 3. The van der Waals surface area contributed by atoms with Crippen molar-refractivity contribution in [3.8, 4) is 11.1 Å². The van der Waals surface area contributed by atoms with Gasteiger partial charge in [-0.1, -0.05) is 18.2 Å². The third-order valence-corrected chi connectivity index (χ3v) is 4.65. The molecule has 1 aromatic carbocycles. The molecule has 1 unspecified atom stereocenters. The van der Waals surface area contributed by atoms with E-state index in [0.29, 0.717) is 36.4 Å². The molecular formula is C19H17FN4O2. The van der Waals surface area contributed by atoms with Gasteiger partial charge in [0, 0.05) is 43.3 Å². The monoisotopic (exact) mass is 352 g/mol. The molecule has 1 amide bonds. The van der Waals surface area contributed by atoms with Gasteiger partial charge in [0.25, 0.3) is 5.56 Å². The zero-order chi connectivity index (χ0) is 18.3. The summed E-state index contributed by atoms with van der Waals surface area (Å²) in [5.41, 5.74) is 2.28. The molecule has 1 saturated heterocycles. The first kappa shape index (κ1) is 16.3. The molecule has 1 fully saturated rings. The lowest BCUT2D eigenvalue weighted by Gasteiger charge is -2.13. The van der Waals surface area contributed by atoms with Crippen molar-refractivity contribution in [1.82, 2.24) is 19.5 Å². The van der Waals surface area contributed by atoms with Gasteiger partial charge >= 0.3 is 0 Å². The number of H-pyrrole nitrogens is 1. The van der Waals surface area contributed by atoms with Crippen molar-refractivity contribution < 1.29 is 9.18 Å². The van der Waals surface area contributed by atoms with E-state index in [1.165, 1.54) is 22.7 Å². The van der Waals surface area contributed by atoms with Crippen molar-refractivity contribution in [3.63, 3.8) is 0 Å². The van der Waals surface area contributed by atoms with Gasteiger partial charge in [0.2, 0.25) is 5.91 Å². The van der Waals surface area contributed by atoms with Crippen molar-refractivity contribution in [3.05, 3.63) is 71.0 Å². The fourth-order valence-electron chi connectivity index (χ4n) is 3.35. The summed E-state index contributed by atoms with van der Waals surface area (Å²) in [4.78, 5) is 30.9. The van der Waals surface area contributed by atoms with Crippen LogP contribution >= 0.6 is 0 Å². The summed E-state index contributed by atoms with van der Waals surface area (Å²) in [6.45, 7) is 4.67. The molecule has 132 valence electrons. The molecule has 1 aliphatic rings.